The number of aliphatic carboxylic acids is 1. The molecule has 2 fully saturated rings. The minimum Gasteiger partial charge on any atom is -0.481 e. The van der Waals surface area contributed by atoms with Crippen molar-refractivity contribution in [3.05, 3.63) is 92.3 Å². The van der Waals surface area contributed by atoms with Crippen molar-refractivity contribution in [3.8, 4) is 0 Å². The number of carboxylic acids is 1. The molecule has 0 saturated carbocycles. The summed E-state index contributed by atoms with van der Waals surface area (Å²) >= 11 is 7.87. The highest BCUT2D eigenvalue weighted by molar-refractivity contribution is 7.11. The summed E-state index contributed by atoms with van der Waals surface area (Å²) in [5, 5.41) is 17.5. The van der Waals surface area contributed by atoms with E-state index in [9.17, 15) is 23.6 Å². The molecule has 16 heteroatoms. The van der Waals surface area contributed by atoms with E-state index in [1.807, 2.05) is 34.5 Å². The first kappa shape index (κ1) is 35.9. The summed E-state index contributed by atoms with van der Waals surface area (Å²) in [7, 11) is 1.29. The zero-order valence-electron chi connectivity index (χ0n) is 28.0. The number of amides is 3. The molecule has 1 aromatic heterocycles. The van der Waals surface area contributed by atoms with Crippen molar-refractivity contribution in [1.29, 1.82) is 0 Å². The average Bonchev–Trinajstić information content (AvgIpc) is 3.75. The second kappa shape index (κ2) is 15.6. The zero-order valence-corrected chi connectivity index (χ0v) is 29.5. The number of esters is 1. The average molecular weight is 738 g/mol. The first-order valence-corrected chi connectivity index (χ1v) is 17.7. The van der Waals surface area contributed by atoms with E-state index in [-0.39, 0.29) is 41.4 Å². The number of thiazole rings is 1. The number of aliphatic imine (C=N–C) groups is 1. The Hall–Kier alpha value is -4.86. The lowest BCUT2D eigenvalue weighted by Gasteiger charge is -2.38. The van der Waals surface area contributed by atoms with Gasteiger partial charge in [0, 0.05) is 78.7 Å². The predicted molar refractivity (Wildman–Crippen MR) is 189 cm³/mol. The normalized spacial score (nSPS) is 19.7. The van der Waals surface area contributed by atoms with Crippen molar-refractivity contribution < 1.29 is 33.4 Å². The van der Waals surface area contributed by atoms with Crippen LogP contribution in [0, 0.1) is 5.82 Å². The maximum atomic E-state index is 14.0. The Morgan fingerprint density at radius 2 is 1.96 bits per heavy atom. The minimum atomic E-state index is -0.969. The number of carbonyl (C=O) groups is 4. The van der Waals surface area contributed by atoms with Gasteiger partial charge in [-0.2, -0.15) is 0 Å². The predicted octanol–water partition coefficient (Wildman–Crippen LogP) is 3.99. The van der Waals surface area contributed by atoms with Gasteiger partial charge in [-0.3, -0.25) is 24.4 Å². The highest BCUT2D eigenvalue weighted by Gasteiger charge is 2.42. The molecule has 6 rings (SSSR count). The quantitative estimate of drug-likeness (QED) is 0.234. The minimum absolute atomic E-state index is 0.0892. The first-order chi connectivity index (χ1) is 24.5. The van der Waals surface area contributed by atoms with Crippen molar-refractivity contribution in [2.24, 2.45) is 4.99 Å². The molecule has 2 aromatic carbocycles. The molecule has 0 radical (unpaired) electrons. The molecule has 0 bridgehead atoms. The number of benzene rings is 2. The lowest BCUT2D eigenvalue weighted by atomic mass is 9.95. The van der Waals surface area contributed by atoms with E-state index in [1.54, 1.807) is 18.0 Å². The number of nitrogens with one attached hydrogen (secondary N) is 2. The van der Waals surface area contributed by atoms with Crippen LogP contribution in [0.25, 0.3) is 0 Å². The van der Waals surface area contributed by atoms with Crippen LogP contribution in [0.15, 0.2) is 70.3 Å². The Morgan fingerprint density at radius 1 is 1.18 bits per heavy atom. The van der Waals surface area contributed by atoms with Gasteiger partial charge in [-0.25, -0.2) is 19.0 Å². The third kappa shape index (κ3) is 8.21. The SMILES string of the molecule is COC(=O)C1=C(CN2CCN3C(=O)N(c4ccc(CCC(=O)N[C@H](C)CC(=O)O)cc4)C[C@@H]3C2)NC(c2nccs2)=N[C@H]1c1ccc(F)cc1Cl. The third-order valence-electron chi connectivity index (χ3n) is 9.02. The lowest BCUT2D eigenvalue weighted by Crippen LogP contribution is -2.53. The number of aryl methyl sites for hydroxylation is 1. The van der Waals surface area contributed by atoms with Crippen LogP contribution in [0.2, 0.25) is 5.02 Å². The van der Waals surface area contributed by atoms with Crippen LogP contribution in [0.5, 0.6) is 0 Å². The smallest absolute Gasteiger partial charge is 0.338 e. The number of halogens is 2. The maximum Gasteiger partial charge on any atom is 0.338 e. The molecule has 0 unspecified atom stereocenters. The summed E-state index contributed by atoms with van der Waals surface area (Å²) in [6.45, 7) is 4.01. The van der Waals surface area contributed by atoms with Crippen LogP contribution in [0.4, 0.5) is 14.9 Å². The highest BCUT2D eigenvalue weighted by Crippen LogP contribution is 2.37. The van der Waals surface area contributed by atoms with Crippen molar-refractivity contribution in [3.63, 3.8) is 0 Å². The van der Waals surface area contributed by atoms with Crippen LogP contribution < -0.4 is 15.5 Å². The molecule has 3 aliphatic heterocycles. The third-order valence-corrected chi connectivity index (χ3v) is 10.1. The first-order valence-electron chi connectivity index (χ1n) is 16.4. The lowest BCUT2D eigenvalue weighted by molar-refractivity contribution is -0.138. The molecule has 13 nitrogen and oxygen atoms in total. The molecule has 3 N–H and O–H groups in total. The summed E-state index contributed by atoms with van der Waals surface area (Å²) in [6, 6.07) is 9.98. The fourth-order valence-electron chi connectivity index (χ4n) is 6.58. The Morgan fingerprint density at radius 3 is 2.65 bits per heavy atom. The number of carboxylic acid groups (broad SMARTS) is 1. The van der Waals surface area contributed by atoms with Gasteiger partial charge < -0.3 is 25.4 Å². The number of urea groups is 1. The second-order valence-electron chi connectivity index (χ2n) is 12.6. The number of hydrogen-bond donors (Lipinski definition) is 3. The molecule has 2 saturated heterocycles. The standard InChI is InChI=1S/C35H37ClFN7O6S/c1-20(15-29(46)47)39-28(45)10-5-21-3-7-23(8-4-21)44-18-24-17-42(12-13-43(24)35(44)49)19-27-30(34(48)50-2)31(25-9-6-22(37)16-26(25)36)41-32(40-27)33-38-11-14-51-33/h3-4,6-9,11,14,16,20,24,31H,5,10,12-13,15,17-19H2,1-2H3,(H,39,45)(H,40,41)(H,46,47)/t20-,24+,31+/m1/s1. The van der Waals surface area contributed by atoms with E-state index in [1.165, 1.54) is 36.6 Å². The number of aromatic nitrogens is 1. The van der Waals surface area contributed by atoms with Gasteiger partial charge in [0.1, 0.15) is 11.9 Å². The summed E-state index contributed by atoms with van der Waals surface area (Å²) < 4.78 is 19.2. The monoisotopic (exact) mass is 737 g/mol. The van der Waals surface area contributed by atoms with E-state index in [4.69, 9.17) is 26.4 Å². The Labute approximate surface area is 302 Å². The number of hydrogen-bond acceptors (Lipinski definition) is 10. The molecule has 268 valence electrons. The number of carbonyl (C=O) groups excluding carboxylic acids is 3. The van der Waals surface area contributed by atoms with Crippen LogP contribution in [-0.2, 0) is 25.5 Å². The van der Waals surface area contributed by atoms with Crippen molar-refractivity contribution >= 4 is 58.3 Å². The number of anilines is 1. The maximum absolute atomic E-state index is 14.0. The van der Waals surface area contributed by atoms with Gasteiger partial charge in [0.15, 0.2) is 10.8 Å². The van der Waals surface area contributed by atoms with E-state index in [0.717, 1.165) is 11.3 Å². The highest BCUT2D eigenvalue weighted by atomic mass is 35.5. The molecule has 51 heavy (non-hydrogen) atoms. The molecular formula is C35H37ClFN7O6S. The summed E-state index contributed by atoms with van der Waals surface area (Å²) in [4.78, 5) is 64.9. The fourth-order valence-corrected chi connectivity index (χ4v) is 7.44. The van der Waals surface area contributed by atoms with Gasteiger partial charge in [0.25, 0.3) is 0 Å². The molecule has 0 aliphatic carbocycles. The number of methoxy groups -OCH3 is 1. The van der Waals surface area contributed by atoms with E-state index in [2.05, 4.69) is 20.5 Å². The van der Waals surface area contributed by atoms with Gasteiger partial charge in [-0.15, -0.1) is 11.3 Å². The van der Waals surface area contributed by atoms with Crippen molar-refractivity contribution in [2.45, 2.75) is 44.3 Å². The summed E-state index contributed by atoms with van der Waals surface area (Å²) in [5.74, 6) is -1.84. The summed E-state index contributed by atoms with van der Waals surface area (Å²) in [5.41, 5.74) is 2.93. The topological polar surface area (TPSA) is 157 Å². The number of nitrogens with zero attached hydrogens (tertiary/aromatic N) is 5. The van der Waals surface area contributed by atoms with Gasteiger partial charge in [-0.1, -0.05) is 29.8 Å². The van der Waals surface area contributed by atoms with Gasteiger partial charge in [-0.05, 0) is 43.2 Å². The van der Waals surface area contributed by atoms with Gasteiger partial charge in [0.05, 0.1) is 25.1 Å². The van der Waals surface area contributed by atoms with E-state index < -0.39 is 29.8 Å². The number of rotatable bonds is 12. The Kier molecular flexibility index (Phi) is 11.0. The Balaban J connectivity index is 1.15. The van der Waals surface area contributed by atoms with Crippen LogP contribution in [-0.4, -0.2) is 102 Å². The molecule has 4 heterocycles. The molecular weight excluding hydrogens is 701 g/mol. The molecule has 3 atom stereocenters. The molecule has 3 aromatic rings. The van der Waals surface area contributed by atoms with Crippen LogP contribution in [0.1, 0.15) is 41.9 Å². The van der Waals surface area contributed by atoms with Crippen LogP contribution >= 0.6 is 22.9 Å². The van der Waals surface area contributed by atoms with E-state index in [0.29, 0.717) is 61.2 Å². The number of fused-ring (bicyclic) bond motifs is 1. The number of ether oxygens (including phenoxy) is 1. The van der Waals surface area contributed by atoms with Crippen LogP contribution in [0.3, 0.4) is 0 Å². The largest absolute Gasteiger partial charge is 0.481 e. The molecule has 0 spiro atoms. The fraction of sp³-hybridized carbons (Fsp3) is 0.371. The van der Waals surface area contributed by atoms with E-state index >= 15 is 0 Å². The van der Waals surface area contributed by atoms with Gasteiger partial charge in [0.2, 0.25) is 5.91 Å². The molecule has 3 aliphatic rings. The second-order valence-corrected chi connectivity index (χ2v) is 13.9. The van der Waals surface area contributed by atoms with Gasteiger partial charge >= 0.3 is 18.0 Å². The molecule has 3 amide bonds. The van der Waals surface area contributed by atoms with Crippen molar-refractivity contribution in [2.75, 3.05) is 44.7 Å². The number of amidine groups is 1. The summed E-state index contributed by atoms with van der Waals surface area (Å²) in [6.07, 6.45) is 2.21. The van der Waals surface area contributed by atoms with Crippen molar-refractivity contribution in [1.82, 2.24) is 25.4 Å². The zero-order chi connectivity index (χ0) is 36.2. The Bertz CT molecular complexity index is 1870. The number of piperazine rings is 1.